The van der Waals surface area contributed by atoms with Gasteiger partial charge in [0.15, 0.2) is 0 Å². The second-order valence-corrected chi connectivity index (χ2v) is 2.81. The topological polar surface area (TPSA) is 49.9 Å². The molecule has 0 spiro atoms. The quantitative estimate of drug-likeness (QED) is 0.697. The van der Waals surface area contributed by atoms with E-state index in [0.717, 1.165) is 18.7 Å². The van der Waals surface area contributed by atoms with Crippen molar-refractivity contribution in [3.63, 3.8) is 0 Å². The smallest absolute Gasteiger partial charge is 0.0725 e. The largest absolute Gasteiger partial charge is 0.385 e. The summed E-state index contributed by atoms with van der Waals surface area (Å²) in [5.74, 6) is 0. The molecule has 1 aromatic rings. The zero-order chi connectivity index (χ0) is 8.81. The van der Waals surface area contributed by atoms with E-state index in [9.17, 15) is 0 Å². The van der Waals surface area contributed by atoms with Gasteiger partial charge in [0.1, 0.15) is 0 Å². The van der Waals surface area contributed by atoms with Crippen molar-refractivity contribution < 1.29 is 4.74 Å². The molecule has 0 radical (unpaired) electrons. The molecule has 4 heteroatoms. The summed E-state index contributed by atoms with van der Waals surface area (Å²) in [6.45, 7) is 2.90. The first-order valence-electron chi connectivity index (χ1n) is 4.07. The van der Waals surface area contributed by atoms with E-state index >= 15 is 0 Å². The molecule has 0 saturated carbocycles. The van der Waals surface area contributed by atoms with Crippen molar-refractivity contribution >= 4 is 5.69 Å². The van der Waals surface area contributed by atoms with Crippen LogP contribution in [0.3, 0.4) is 0 Å². The van der Waals surface area contributed by atoms with Crippen LogP contribution < -0.4 is 5.32 Å². The Hall–Kier alpha value is -1.03. The van der Waals surface area contributed by atoms with E-state index in [2.05, 4.69) is 22.4 Å². The van der Waals surface area contributed by atoms with E-state index in [1.54, 1.807) is 13.3 Å². The average Bonchev–Trinajstić information content (AvgIpc) is 2.53. The van der Waals surface area contributed by atoms with Crippen molar-refractivity contribution in [1.29, 1.82) is 0 Å². The summed E-state index contributed by atoms with van der Waals surface area (Å²) in [5.41, 5.74) is 1.03. The fourth-order valence-corrected chi connectivity index (χ4v) is 0.981. The van der Waals surface area contributed by atoms with E-state index in [-0.39, 0.29) is 0 Å². The molecule has 12 heavy (non-hydrogen) atoms. The summed E-state index contributed by atoms with van der Waals surface area (Å²) in [6, 6.07) is 0.419. The minimum atomic E-state index is 0.419. The number of nitrogens with zero attached hydrogens (tertiary/aromatic N) is 1. The fraction of sp³-hybridized carbons (Fsp3) is 0.625. The lowest BCUT2D eigenvalue weighted by molar-refractivity contribution is 0.191. The molecule has 1 atom stereocenters. The Morgan fingerprint density at radius 1 is 1.75 bits per heavy atom. The molecule has 4 nitrogen and oxygen atoms in total. The van der Waals surface area contributed by atoms with E-state index in [0.29, 0.717) is 6.04 Å². The van der Waals surface area contributed by atoms with E-state index in [1.165, 1.54) is 0 Å². The van der Waals surface area contributed by atoms with Gasteiger partial charge in [0, 0.05) is 26.0 Å². The molecular weight excluding hydrogens is 154 g/mol. The summed E-state index contributed by atoms with van der Waals surface area (Å²) < 4.78 is 4.97. The van der Waals surface area contributed by atoms with Gasteiger partial charge in [0.2, 0.25) is 0 Å². The van der Waals surface area contributed by atoms with E-state index in [4.69, 9.17) is 4.74 Å². The lowest BCUT2D eigenvalue weighted by atomic mass is 10.2. The lowest BCUT2D eigenvalue weighted by Gasteiger charge is -2.12. The van der Waals surface area contributed by atoms with Crippen LogP contribution in [0.4, 0.5) is 5.69 Å². The van der Waals surface area contributed by atoms with Crippen molar-refractivity contribution in [3.8, 4) is 0 Å². The highest BCUT2D eigenvalue weighted by molar-refractivity contribution is 5.38. The molecule has 1 aromatic heterocycles. The van der Waals surface area contributed by atoms with Crippen LogP contribution in [0.5, 0.6) is 0 Å². The van der Waals surface area contributed by atoms with Crippen LogP contribution in [0.15, 0.2) is 12.4 Å². The molecule has 0 aromatic carbocycles. The molecule has 2 N–H and O–H groups in total. The summed E-state index contributed by atoms with van der Waals surface area (Å²) in [6.07, 6.45) is 4.61. The van der Waals surface area contributed by atoms with Crippen molar-refractivity contribution in [1.82, 2.24) is 10.2 Å². The molecule has 68 valence electrons. The van der Waals surface area contributed by atoms with Crippen LogP contribution in [-0.4, -0.2) is 30.0 Å². The Bertz CT molecular complexity index is 198. The molecule has 0 amide bonds. The molecular formula is C8H15N3O. The van der Waals surface area contributed by atoms with Crippen LogP contribution in [-0.2, 0) is 4.74 Å². The van der Waals surface area contributed by atoms with Crippen LogP contribution >= 0.6 is 0 Å². The Morgan fingerprint density at radius 3 is 3.17 bits per heavy atom. The number of rotatable bonds is 5. The summed E-state index contributed by atoms with van der Waals surface area (Å²) in [5, 5.41) is 9.87. The maximum atomic E-state index is 4.97. The van der Waals surface area contributed by atoms with Gasteiger partial charge in [-0.2, -0.15) is 5.10 Å². The van der Waals surface area contributed by atoms with Crippen LogP contribution in [0.2, 0.25) is 0 Å². The van der Waals surface area contributed by atoms with Crippen molar-refractivity contribution in [3.05, 3.63) is 12.4 Å². The van der Waals surface area contributed by atoms with Gasteiger partial charge in [-0.1, -0.05) is 0 Å². The number of hydrogen-bond donors (Lipinski definition) is 2. The zero-order valence-corrected chi connectivity index (χ0v) is 7.50. The molecule has 0 fully saturated rings. The number of nitrogens with one attached hydrogen (secondary N) is 2. The molecule has 1 unspecified atom stereocenters. The normalized spacial score (nSPS) is 12.8. The fourth-order valence-electron chi connectivity index (χ4n) is 0.981. The number of H-pyrrole nitrogens is 1. The Morgan fingerprint density at radius 2 is 2.58 bits per heavy atom. The highest BCUT2D eigenvalue weighted by Crippen LogP contribution is 2.05. The van der Waals surface area contributed by atoms with Crippen LogP contribution in [0.1, 0.15) is 13.3 Å². The molecule has 0 aliphatic carbocycles. The number of aromatic amines is 1. The minimum absolute atomic E-state index is 0.419. The predicted octanol–water partition coefficient (Wildman–Crippen LogP) is 1.25. The maximum Gasteiger partial charge on any atom is 0.0725 e. The molecule has 0 aliphatic heterocycles. The van der Waals surface area contributed by atoms with E-state index < -0.39 is 0 Å². The standard InChI is InChI=1S/C8H15N3O/c1-7(3-4-12-2)11-8-5-9-10-6-8/h5-7,11H,3-4H2,1-2H3,(H,9,10). The zero-order valence-electron chi connectivity index (χ0n) is 7.50. The number of ether oxygens (including phenoxy) is 1. The van der Waals surface area contributed by atoms with Crippen LogP contribution in [0.25, 0.3) is 0 Å². The second kappa shape index (κ2) is 4.77. The number of aromatic nitrogens is 2. The molecule has 0 aliphatic rings. The summed E-state index contributed by atoms with van der Waals surface area (Å²) in [4.78, 5) is 0. The first kappa shape index (κ1) is 9.06. The molecule has 1 heterocycles. The Labute approximate surface area is 72.3 Å². The van der Waals surface area contributed by atoms with Gasteiger partial charge in [0.05, 0.1) is 11.9 Å². The van der Waals surface area contributed by atoms with Gasteiger partial charge in [-0.3, -0.25) is 5.10 Å². The Kier molecular flexibility index (Phi) is 3.60. The van der Waals surface area contributed by atoms with E-state index in [1.807, 2.05) is 6.20 Å². The van der Waals surface area contributed by atoms with Crippen molar-refractivity contribution in [2.45, 2.75) is 19.4 Å². The second-order valence-electron chi connectivity index (χ2n) is 2.81. The Balaban J connectivity index is 2.22. The number of hydrogen-bond acceptors (Lipinski definition) is 3. The monoisotopic (exact) mass is 169 g/mol. The third-order valence-electron chi connectivity index (χ3n) is 1.67. The number of anilines is 1. The SMILES string of the molecule is COCCC(C)Nc1cn[nH]c1. The highest BCUT2D eigenvalue weighted by atomic mass is 16.5. The van der Waals surface area contributed by atoms with Gasteiger partial charge < -0.3 is 10.1 Å². The maximum absolute atomic E-state index is 4.97. The minimum Gasteiger partial charge on any atom is -0.385 e. The van der Waals surface area contributed by atoms with Gasteiger partial charge in [0.25, 0.3) is 0 Å². The van der Waals surface area contributed by atoms with Crippen LogP contribution in [0, 0.1) is 0 Å². The third kappa shape index (κ3) is 2.92. The van der Waals surface area contributed by atoms with Gasteiger partial charge >= 0.3 is 0 Å². The first-order chi connectivity index (χ1) is 5.83. The molecule has 0 saturated heterocycles. The highest BCUT2D eigenvalue weighted by Gasteiger charge is 2.01. The summed E-state index contributed by atoms with van der Waals surface area (Å²) >= 11 is 0. The van der Waals surface area contributed by atoms with Gasteiger partial charge in [-0.15, -0.1) is 0 Å². The molecule has 0 bridgehead atoms. The average molecular weight is 169 g/mol. The summed E-state index contributed by atoms with van der Waals surface area (Å²) in [7, 11) is 1.71. The first-order valence-corrected chi connectivity index (χ1v) is 4.07. The molecule has 1 rings (SSSR count). The lowest BCUT2D eigenvalue weighted by Crippen LogP contribution is -2.16. The number of methoxy groups -OCH3 is 1. The van der Waals surface area contributed by atoms with Gasteiger partial charge in [-0.25, -0.2) is 0 Å². The third-order valence-corrected chi connectivity index (χ3v) is 1.67. The predicted molar refractivity (Wildman–Crippen MR) is 48.2 cm³/mol. The van der Waals surface area contributed by atoms with Gasteiger partial charge in [-0.05, 0) is 13.3 Å². The van der Waals surface area contributed by atoms with Crippen molar-refractivity contribution in [2.24, 2.45) is 0 Å². The van der Waals surface area contributed by atoms with Crippen molar-refractivity contribution in [2.75, 3.05) is 19.0 Å².